The van der Waals surface area contributed by atoms with Crippen LogP contribution in [0.2, 0.25) is 4.34 Å². The minimum atomic E-state index is -0.492. The number of halogens is 1. The van der Waals surface area contributed by atoms with E-state index in [-0.39, 0.29) is 0 Å². The Morgan fingerprint density at radius 2 is 2.06 bits per heavy atom. The molecule has 1 heterocycles. The van der Waals surface area contributed by atoms with Crippen LogP contribution in [0.4, 0.5) is 0 Å². The van der Waals surface area contributed by atoms with Gasteiger partial charge >= 0.3 is 5.97 Å². The summed E-state index contributed by atoms with van der Waals surface area (Å²) in [4.78, 5) is 16.2. The first kappa shape index (κ1) is 11.8. The smallest absolute Gasteiger partial charge is 0.313 e. The van der Waals surface area contributed by atoms with Crippen molar-refractivity contribution < 1.29 is 9.63 Å². The molecule has 1 aromatic carbocycles. The molecule has 0 saturated heterocycles. The van der Waals surface area contributed by atoms with Gasteiger partial charge in [0.25, 0.3) is 0 Å². The van der Waals surface area contributed by atoms with Gasteiger partial charge in [-0.2, -0.15) is 0 Å². The monoisotopic (exact) mass is 265 g/mol. The maximum absolute atomic E-state index is 11.5. The Labute approximate surface area is 107 Å². The molecule has 0 unspecified atom stereocenters. The minimum Gasteiger partial charge on any atom is -0.313 e. The maximum atomic E-state index is 11.5. The van der Waals surface area contributed by atoms with Crippen molar-refractivity contribution >= 4 is 35.1 Å². The second-order valence-corrected chi connectivity index (χ2v) is 4.65. The van der Waals surface area contributed by atoms with Gasteiger partial charge in [0.2, 0.25) is 0 Å². The molecule has 2 aromatic rings. The Kier molecular flexibility index (Phi) is 3.90. The number of rotatable bonds is 3. The first-order valence-electron chi connectivity index (χ1n) is 4.80. The number of hydrogen-bond acceptors (Lipinski definition) is 4. The van der Waals surface area contributed by atoms with Gasteiger partial charge in [-0.05, 0) is 23.6 Å². The quantitative estimate of drug-likeness (QED) is 0.483. The zero-order valence-electron chi connectivity index (χ0n) is 8.67. The van der Waals surface area contributed by atoms with Crippen molar-refractivity contribution in [1.29, 1.82) is 0 Å². The summed E-state index contributed by atoms with van der Waals surface area (Å²) in [5, 5.41) is 5.43. The van der Waals surface area contributed by atoms with Gasteiger partial charge in [0.05, 0.1) is 11.8 Å². The summed E-state index contributed by atoms with van der Waals surface area (Å²) in [7, 11) is 0. The number of benzene rings is 1. The molecule has 3 nitrogen and oxygen atoms in total. The summed E-state index contributed by atoms with van der Waals surface area (Å²) in [5.74, 6) is -0.492. The lowest BCUT2D eigenvalue weighted by molar-refractivity contribution is 0.0519. The van der Waals surface area contributed by atoms with Crippen molar-refractivity contribution in [3.8, 4) is 0 Å². The van der Waals surface area contributed by atoms with E-state index in [4.69, 9.17) is 16.4 Å². The fourth-order valence-electron chi connectivity index (χ4n) is 1.15. The van der Waals surface area contributed by atoms with Crippen molar-refractivity contribution in [1.82, 2.24) is 0 Å². The van der Waals surface area contributed by atoms with Crippen molar-refractivity contribution in [3.05, 3.63) is 57.2 Å². The summed E-state index contributed by atoms with van der Waals surface area (Å²) in [6.07, 6.45) is 1.42. The molecule has 5 heteroatoms. The highest BCUT2D eigenvalue weighted by atomic mass is 35.5. The lowest BCUT2D eigenvalue weighted by atomic mass is 10.2. The summed E-state index contributed by atoms with van der Waals surface area (Å²) < 4.78 is 0.615. The summed E-state index contributed by atoms with van der Waals surface area (Å²) in [6.45, 7) is 0. The van der Waals surface area contributed by atoms with Crippen LogP contribution >= 0.6 is 22.9 Å². The van der Waals surface area contributed by atoms with E-state index in [1.807, 2.05) is 11.4 Å². The Morgan fingerprint density at radius 3 is 2.71 bits per heavy atom. The zero-order chi connectivity index (χ0) is 12.1. The van der Waals surface area contributed by atoms with Gasteiger partial charge in [-0.25, -0.2) is 4.79 Å². The van der Waals surface area contributed by atoms with Crippen LogP contribution in [0.3, 0.4) is 0 Å². The zero-order valence-corrected chi connectivity index (χ0v) is 10.2. The lowest BCUT2D eigenvalue weighted by Crippen LogP contribution is -2.00. The predicted molar refractivity (Wildman–Crippen MR) is 68.8 cm³/mol. The van der Waals surface area contributed by atoms with E-state index in [1.54, 1.807) is 30.3 Å². The van der Waals surface area contributed by atoms with Crippen LogP contribution in [-0.4, -0.2) is 12.2 Å². The number of thiophene rings is 1. The Bertz CT molecular complexity index is 536. The summed E-state index contributed by atoms with van der Waals surface area (Å²) >= 11 is 7.25. The molecule has 0 amide bonds. The van der Waals surface area contributed by atoms with Crippen LogP contribution < -0.4 is 0 Å². The van der Waals surface area contributed by atoms with Crippen LogP contribution in [0.25, 0.3) is 0 Å². The molecule has 0 saturated carbocycles. The second kappa shape index (κ2) is 5.61. The first-order valence-corrected chi connectivity index (χ1v) is 6.06. The van der Waals surface area contributed by atoms with E-state index in [9.17, 15) is 4.79 Å². The fraction of sp³-hybridized carbons (Fsp3) is 0. The van der Waals surface area contributed by atoms with Crippen LogP contribution in [-0.2, 0) is 4.84 Å². The van der Waals surface area contributed by atoms with Crippen molar-refractivity contribution in [2.45, 2.75) is 0 Å². The third kappa shape index (κ3) is 3.15. The Morgan fingerprint density at radius 1 is 1.29 bits per heavy atom. The molecule has 2 rings (SSSR count). The van der Waals surface area contributed by atoms with Gasteiger partial charge < -0.3 is 4.84 Å². The van der Waals surface area contributed by atoms with E-state index >= 15 is 0 Å². The highest BCUT2D eigenvalue weighted by Gasteiger charge is 2.05. The molecular formula is C12H8ClNO2S. The van der Waals surface area contributed by atoms with E-state index in [1.165, 1.54) is 17.6 Å². The lowest BCUT2D eigenvalue weighted by Gasteiger charge is -1.96. The predicted octanol–water partition coefficient (Wildman–Crippen LogP) is 3.59. The minimum absolute atomic E-state index is 0.459. The molecule has 0 atom stereocenters. The fourth-order valence-corrected chi connectivity index (χ4v) is 2.01. The van der Waals surface area contributed by atoms with Gasteiger partial charge in [-0.1, -0.05) is 35.0 Å². The molecular weight excluding hydrogens is 258 g/mol. The third-order valence-electron chi connectivity index (χ3n) is 1.98. The molecule has 0 bridgehead atoms. The second-order valence-electron chi connectivity index (χ2n) is 3.13. The molecule has 0 aliphatic rings. The van der Waals surface area contributed by atoms with Gasteiger partial charge in [0, 0.05) is 5.56 Å². The largest absolute Gasteiger partial charge is 0.365 e. The molecule has 0 fully saturated rings. The number of hydrogen-bond donors (Lipinski definition) is 0. The average Bonchev–Trinajstić information content (AvgIpc) is 2.76. The normalized spacial score (nSPS) is 10.6. The van der Waals surface area contributed by atoms with Gasteiger partial charge in [-0.3, -0.25) is 0 Å². The van der Waals surface area contributed by atoms with Crippen LogP contribution in [0.1, 0.15) is 15.9 Å². The molecule has 17 heavy (non-hydrogen) atoms. The highest BCUT2D eigenvalue weighted by molar-refractivity contribution is 7.14. The molecule has 0 aliphatic carbocycles. The Hall–Kier alpha value is -1.65. The van der Waals surface area contributed by atoms with Crippen LogP contribution in [0.15, 0.2) is 46.9 Å². The van der Waals surface area contributed by atoms with E-state index in [0.29, 0.717) is 9.90 Å². The maximum Gasteiger partial charge on any atom is 0.365 e. The first-order chi connectivity index (χ1) is 8.27. The molecule has 0 spiro atoms. The number of oxime groups is 1. The van der Waals surface area contributed by atoms with Gasteiger partial charge in [-0.15, -0.1) is 11.3 Å². The SMILES string of the molecule is O=C(O/N=C/c1ccsc1Cl)c1ccccc1. The van der Waals surface area contributed by atoms with E-state index < -0.39 is 5.97 Å². The molecule has 0 radical (unpaired) electrons. The van der Waals surface area contributed by atoms with E-state index in [2.05, 4.69) is 5.16 Å². The van der Waals surface area contributed by atoms with Crippen molar-refractivity contribution in [2.75, 3.05) is 0 Å². The molecule has 0 N–H and O–H groups in total. The Balaban J connectivity index is 1.97. The molecule has 86 valence electrons. The summed E-state index contributed by atoms with van der Waals surface area (Å²) in [5.41, 5.74) is 1.19. The standard InChI is InChI=1S/C12H8ClNO2S/c13-11-10(6-7-17-11)8-14-16-12(15)9-4-2-1-3-5-9/h1-8H/b14-8+. The number of carbonyl (C=O) groups is 1. The van der Waals surface area contributed by atoms with Crippen molar-refractivity contribution in [3.63, 3.8) is 0 Å². The molecule has 1 aromatic heterocycles. The number of carbonyl (C=O) groups excluding carboxylic acids is 1. The van der Waals surface area contributed by atoms with Crippen molar-refractivity contribution in [2.24, 2.45) is 5.16 Å². The van der Waals surface area contributed by atoms with Gasteiger partial charge in [0.1, 0.15) is 4.34 Å². The summed E-state index contributed by atoms with van der Waals surface area (Å²) in [6, 6.07) is 10.5. The van der Waals surface area contributed by atoms with Crippen LogP contribution in [0, 0.1) is 0 Å². The van der Waals surface area contributed by atoms with Gasteiger partial charge in [0.15, 0.2) is 0 Å². The molecule has 0 aliphatic heterocycles. The van der Waals surface area contributed by atoms with Crippen LogP contribution in [0.5, 0.6) is 0 Å². The average molecular weight is 266 g/mol. The topological polar surface area (TPSA) is 38.7 Å². The number of nitrogens with zero attached hydrogens (tertiary/aromatic N) is 1. The van der Waals surface area contributed by atoms with E-state index in [0.717, 1.165) is 5.56 Å². The highest BCUT2D eigenvalue weighted by Crippen LogP contribution is 2.20. The third-order valence-corrected chi connectivity index (χ3v) is 3.18.